The molecule has 1 fully saturated rings. The predicted molar refractivity (Wildman–Crippen MR) is 104 cm³/mol. The van der Waals surface area contributed by atoms with E-state index in [1.165, 1.54) is 11.3 Å². The molecule has 3 N–H and O–H groups in total. The third-order valence-electron chi connectivity index (χ3n) is 3.93. The highest BCUT2D eigenvalue weighted by atomic mass is 35.5. The first-order valence-electron chi connectivity index (χ1n) is 8.23. The normalized spacial score (nSPS) is 14.9. The molecule has 0 atom stereocenters. The summed E-state index contributed by atoms with van der Waals surface area (Å²) in [6.07, 6.45) is 1.82. The number of nitrogens with one attached hydrogen (secondary N) is 1. The molecule has 25 heavy (non-hydrogen) atoms. The van der Waals surface area contributed by atoms with Crippen molar-refractivity contribution in [2.45, 2.75) is 13.1 Å². The average molecular weight is 385 g/mol. The van der Waals surface area contributed by atoms with Gasteiger partial charge in [0.25, 0.3) is 0 Å². The molecule has 0 amide bonds. The third kappa shape index (κ3) is 6.45. The molecular weight excluding hydrogens is 360 g/mol. The molecule has 0 spiro atoms. The van der Waals surface area contributed by atoms with E-state index in [-0.39, 0.29) is 12.4 Å². The highest BCUT2D eigenvalue weighted by Gasteiger charge is 2.10. The molecule has 8 heteroatoms. The molecular formula is C17H25ClN4O2S. The lowest BCUT2D eigenvalue weighted by atomic mass is 10.2. The van der Waals surface area contributed by atoms with Gasteiger partial charge in [-0.05, 0) is 6.07 Å². The molecule has 1 saturated heterocycles. The van der Waals surface area contributed by atoms with Gasteiger partial charge < -0.3 is 20.5 Å². The van der Waals surface area contributed by atoms with Crippen molar-refractivity contribution in [1.29, 1.82) is 0 Å². The van der Waals surface area contributed by atoms with Gasteiger partial charge in [-0.25, -0.2) is 4.98 Å². The van der Waals surface area contributed by atoms with Gasteiger partial charge >= 0.3 is 0 Å². The number of morpholine rings is 1. The van der Waals surface area contributed by atoms with E-state index in [2.05, 4.69) is 21.3 Å². The fourth-order valence-corrected chi connectivity index (χ4v) is 3.28. The Bertz CT molecular complexity index is 635. The van der Waals surface area contributed by atoms with E-state index in [9.17, 15) is 0 Å². The molecule has 0 aliphatic carbocycles. The zero-order valence-electron chi connectivity index (χ0n) is 14.1. The van der Waals surface area contributed by atoms with Gasteiger partial charge in [0.1, 0.15) is 12.4 Å². The Labute approximate surface area is 158 Å². The van der Waals surface area contributed by atoms with Crippen LogP contribution in [0.25, 0.3) is 0 Å². The van der Waals surface area contributed by atoms with Crippen LogP contribution < -0.4 is 15.8 Å². The highest BCUT2D eigenvalue weighted by molar-refractivity contribution is 7.15. The Morgan fingerprint density at radius 1 is 1.24 bits per heavy atom. The second kappa shape index (κ2) is 10.6. The van der Waals surface area contributed by atoms with Crippen molar-refractivity contribution >= 4 is 28.9 Å². The highest BCUT2D eigenvalue weighted by Crippen LogP contribution is 2.19. The molecule has 0 saturated carbocycles. The van der Waals surface area contributed by atoms with E-state index in [4.69, 9.17) is 15.2 Å². The zero-order chi connectivity index (χ0) is 16.6. The van der Waals surface area contributed by atoms with Crippen LogP contribution in [0.15, 0.2) is 30.5 Å². The Balaban J connectivity index is 0.00000225. The number of halogens is 1. The van der Waals surface area contributed by atoms with Crippen LogP contribution in [0.4, 0.5) is 5.13 Å². The maximum Gasteiger partial charge on any atom is 0.180 e. The molecule has 0 unspecified atom stereocenters. The number of benzene rings is 1. The van der Waals surface area contributed by atoms with E-state index >= 15 is 0 Å². The van der Waals surface area contributed by atoms with Crippen molar-refractivity contribution in [1.82, 2.24) is 15.2 Å². The third-order valence-corrected chi connectivity index (χ3v) is 4.75. The molecule has 1 aromatic heterocycles. The second-order valence-electron chi connectivity index (χ2n) is 5.68. The first-order valence-corrected chi connectivity index (χ1v) is 9.04. The van der Waals surface area contributed by atoms with Crippen molar-refractivity contribution in [2.75, 3.05) is 45.2 Å². The fourth-order valence-electron chi connectivity index (χ4n) is 2.62. The topological polar surface area (TPSA) is 72.6 Å². The number of aromatic nitrogens is 1. The van der Waals surface area contributed by atoms with E-state index in [1.54, 1.807) is 0 Å². The summed E-state index contributed by atoms with van der Waals surface area (Å²) in [4.78, 5) is 7.57. The van der Waals surface area contributed by atoms with E-state index < -0.39 is 0 Å². The van der Waals surface area contributed by atoms with Crippen LogP contribution in [0.5, 0.6) is 5.75 Å². The van der Waals surface area contributed by atoms with Gasteiger partial charge in [0, 0.05) is 49.4 Å². The molecule has 2 heterocycles. The Morgan fingerprint density at radius 2 is 2.04 bits per heavy atom. The molecule has 2 aromatic rings. The predicted octanol–water partition coefficient (Wildman–Crippen LogP) is 2.15. The summed E-state index contributed by atoms with van der Waals surface area (Å²) in [6.45, 7) is 6.77. The maximum atomic E-state index is 5.99. The number of thiazole rings is 1. The van der Waals surface area contributed by atoms with Crippen LogP contribution in [-0.2, 0) is 17.8 Å². The molecule has 6 nitrogen and oxygen atoms in total. The van der Waals surface area contributed by atoms with Crippen molar-refractivity contribution in [3.63, 3.8) is 0 Å². The van der Waals surface area contributed by atoms with E-state index in [0.717, 1.165) is 62.1 Å². The Morgan fingerprint density at radius 3 is 2.80 bits per heavy atom. The summed E-state index contributed by atoms with van der Waals surface area (Å²) in [7, 11) is 0. The lowest BCUT2D eigenvalue weighted by Gasteiger charge is -2.26. The van der Waals surface area contributed by atoms with Gasteiger partial charge in [-0.1, -0.05) is 18.2 Å². The van der Waals surface area contributed by atoms with Crippen molar-refractivity contribution in [3.05, 3.63) is 40.9 Å². The van der Waals surface area contributed by atoms with E-state index in [0.29, 0.717) is 11.7 Å². The largest absolute Gasteiger partial charge is 0.492 e. The minimum absolute atomic E-state index is 0. The van der Waals surface area contributed by atoms with Crippen LogP contribution in [0, 0.1) is 0 Å². The van der Waals surface area contributed by atoms with Gasteiger partial charge in [0.15, 0.2) is 5.13 Å². The summed E-state index contributed by atoms with van der Waals surface area (Å²) in [5.41, 5.74) is 6.81. The molecule has 138 valence electrons. The SMILES string of the molecule is Cl.Nc1ncc(CNCc2ccccc2OCCN2CCOCC2)s1. The Kier molecular flexibility index (Phi) is 8.43. The lowest BCUT2D eigenvalue weighted by Crippen LogP contribution is -2.38. The van der Waals surface area contributed by atoms with Gasteiger partial charge in [0.05, 0.1) is 13.2 Å². The first kappa shape index (κ1) is 19.9. The molecule has 1 aliphatic heterocycles. The number of ether oxygens (including phenoxy) is 2. The van der Waals surface area contributed by atoms with Crippen molar-refractivity contribution < 1.29 is 9.47 Å². The number of para-hydroxylation sites is 1. The van der Waals surface area contributed by atoms with Gasteiger partial charge in [-0.2, -0.15) is 0 Å². The summed E-state index contributed by atoms with van der Waals surface area (Å²) in [6, 6.07) is 8.17. The zero-order valence-corrected chi connectivity index (χ0v) is 15.8. The molecule has 3 rings (SSSR count). The van der Waals surface area contributed by atoms with Crippen LogP contribution in [0.1, 0.15) is 10.4 Å². The standard InChI is InChI=1S/C17H24N4O2S.ClH/c18-17-20-13-15(24-17)12-19-11-14-3-1-2-4-16(14)23-10-7-21-5-8-22-9-6-21;/h1-4,13,19H,5-12H2,(H2,18,20);1H. The average Bonchev–Trinajstić information content (AvgIpc) is 3.02. The molecule has 0 bridgehead atoms. The second-order valence-corrected chi connectivity index (χ2v) is 6.83. The van der Waals surface area contributed by atoms with Crippen LogP contribution in [0.3, 0.4) is 0 Å². The summed E-state index contributed by atoms with van der Waals surface area (Å²) in [5, 5.41) is 4.03. The van der Waals surface area contributed by atoms with E-state index in [1.807, 2.05) is 24.4 Å². The molecule has 1 aliphatic rings. The smallest absolute Gasteiger partial charge is 0.180 e. The van der Waals surface area contributed by atoms with Gasteiger partial charge in [-0.15, -0.1) is 23.7 Å². The number of nitrogens with zero attached hydrogens (tertiary/aromatic N) is 2. The van der Waals surface area contributed by atoms with Gasteiger partial charge in [-0.3, -0.25) is 4.90 Å². The number of hydrogen-bond donors (Lipinski definition) is 2. The number of rotatable bonds is 8. The quantitative estimate of drug-likeness (QED) is 0.726. The summed E-state index contributed by atoms with van der Waals surface area (Å²) in [5.74, 6) is 0.946. The number of nitrogen functional groups attached to an aromatic ring is 1. The fraction of sp³-hybridized carbons (Fsp3) is 0.471. The van der Waals surface area contributed by atoms with Crippen molar-refractivity contribution in [2.24, 2.45) is 0 Å². The van der Waals surface area contributed by atoms with Crippen LogP contribution >= 0.6 is 23.7 Å². The lowest BCUT2D eigenvalue weighted by molar-refractivity contribution is 0.0322. The minimum Gasteiger partial charge on any atom is -0.492 e. The number of hydrogen-bond acceptors (Lipinski definition) is 7. The Hall–Kier alpha value is -1.38. The van der Waals surface area contributed by atoms with Crippen molar-refractivity contribution in [3.8, 4) is 5.75 Å². The number of anilines is 1. The summed E-state index contributed by atoms with van der Waals surface area (Å²) >= 11 is 1.51. The van der Waals surface area contributed by atoms with Crippen LogP contribution in [0.2, 0.25) is 0 Å². The first-order chi connectivity index (χ1) is 11.8. The molecule has 1 aromatic carbocycles. The summed E-state index contributed by atoms with van der Waals surface area (Å²) < 4.78 is 11.4. The number of nitrogens with two attached hydrogens (primary N) is 1. The molecule has 0 radical (unpaired) electrons. The minimum atomic E-state index is 0. The monoisotopic (exact) mass is 384 g/mol. The maximum absolute atomic E-state index is 5.99. The van der Waals surface area contributed by atoms with Crippen LogP contribution in [-0.4, -0.2) is 49.3 Å². The van der Waals surface area contributed by atoms with Gasteiger partial charge in [0.2, 0.25) is 0 Å².